The Kier molecular flexibility index (Phi) is 4.37. The summed E-state index contributed by atoms with van der Waals surface area (Å²) < 4.78 is 0. The quantitative estimate of drug-likeness (QED) is 0.890. The van der Waals surface area contributed by atoms with E-state index in [0.717, 1.165) is 31.4 Å². The lowest BCUT2D eigenvalue weighted by Crippen LogP contribution is -2.36. The molecule has 1 fully saturated rings. The van der Waals surface area contributed by atoms with E-state index in [0.29, 0.717) is 13.0 Å². The summed E-state index contributed by atoms with van der Waals surface area (Å²) in [5, 5.41) is 0. The maximum atomic E-state index is 11.9. The Labute approximate surface area is 109 Å². The van der Waals surface area contributed by atoms with Crippen molar-refractivity contribution >= 4 is 5.91 Å². The number of hydrogen-bond acceptors (Lipinski definition) is 2. The SMILES string of the molecule is Cc1ccc(C(N)CN2CCCCCC2=O)cc1. The van der Waals surface area contributed by atoms with Crippen molar-refractivity contribution in [1.82, 2.24) is 4.90 Å². The molecule has 0 saturated carbocycles. The topological polar surface area (TPSA) is 46.3 Å². The van der Waals surface area contributed by atoms with Crippen LogP contribution in [-0.2, 0) is 4.79 Å². The highest BCUT2D eigenvalue weighted by Gasteiger charge is 2.19. The van der Waals surface area contributed by atoms with E-state index in [2.05, 4.69) is 31.2 Å². The third-order valence-electron chi connectivity index (χ3n) is 3.59. The van der Waals surface area contributed by atoms with E-state index in [-0.39, 0.29) is 11.9 Å². The molecule has 1 amide bonds. The van der Waals surface area contributed by atoms with Crippen molar-refractivity contribution in [2.45, 2.75) is 38.6 Å². The molecule has 1 atom stereocenters. The van der Waals surface area contributed by atoms with Crippen molar-refractivity contribution in [3.05, 3.63) is 35.4 Å². The minimum Gasteiger partial charge on any atom is -0.341 e. The van der Waals surface area contributed by atoms with E-state index in [4.69, 9.17) is 5.73 Å². The van der Waals surface area contributed by atoms with Gasteiger partial charge in [0.1, 0.15) is 0 Å². The van der Waals surface area contributed by atoms with Gasteiger partial charge in [-0.3, -0.25) is 4.79 Å². The summed E-state index contributed by atoms with van der Waals surface area (Å²) in [6.07, 6.45) is 3.96. The predicted molar refractivity (Wildman–Crippen MR) is 73.2 cm³/mol. The fraction of sp³-hybridized carbons (Fsp3) is 0.533. The number of aryl methyl sites for hydroxylation is 1. The molecule has 1 aromatic carbocycles. The first-order chi connectivity index (χ1) is 8.66. The van der Waals surface area contributed by atoms with Crippen LogP contribution >= 0.6 is 0 Å². The normalized spacial score (nSPS) is 18.6. The molecule has 2 rings (SSSR count). The van der Waals surface area contributed by atoms with Crippen molar-refractivity contribution in [3.63, 3.8) is 0 Å². The van der Waals surface area contributed by atoms with E-state index in [1.807, 2.05) is 4.90 Å². The Balaban J connectivity index is 1.99. The summed E-state index contributed by atoms with van der Waals surface area (Å²) in [4.78, 5) is 13.8. The first kappa shape index (κ1) is 13.1. The zero-order chi connectivity index (χ0) is 13.0. The summed E-state index contributed by atoms with van der Waals surface area (Å²) in [6.45, 7) is 3.56. The van der Waals surface area contributed by atoms with Crippen LogP contribution in [0.4, 0.5) is 0 Å². The van der Waals surface area contributed by atoms with Gasteiger partial charge in [-0.15, -0.1) is 0 Å². The average molecular weight is 246 g/mol. The van der Waals surface area contributed by atoms with Gasteiger partial charge in [-0.2, -0.15) is 0 Å². The first-order valence-corrected chi connectivity index (χ1v) is 6.77. The number of likely N-dealkylation sites (tertiary alicyclic amines) is 1. The molecule has 1 aliphatic rings. The third kappa shape index (κ3) is 3.33. The molecule has 0 aliphatic carbocycles. The molecule has 18 heavy (non-hydrogen) atoms. The van der Waals surface area contributed by atoms with E-state index < -0.39 is 0 Å². The minimum absolute atomic E-state index is 0.0763. The summed E-state index contributed by atoms with van der Waals surface area (Å²) >= 11 is 0. The molecule has 0 bridgehead atoms. The van der Waals surface area contributed by atoms with Crippen molar-refractivity contribution in [2.75, 3.05) is 13.1 Å². The lowest BCUT2D eigenvalue weighted by atomic mass is 10.1. The maximum absolute atomic E-state index is 11.9. The van der Waals surface area contributed by atoms with Crippen LogP contribution in [0.1, 0.15) is 42.9 Å². The summed E-state index contributed by atoms with van der Waals surface area (Å²) in [7, 11) is 0. The Morgan fingerprint density at radius 3 is 2.67 bits per heavy atom. The van der Waals surface area contributed by atoms with Gasteiger partial charge in [0.25, 0.3) is 0 Å². The van der Waals surface area contributed by atoms with Gasteiger partial charge in [0, 0.05) is 25.6 Å². The molecule has 0 radical (unpaired) electrons. The van der Waals surface area contributed by atoms with Crippen LogP contribution in [0.3, 0.4) is 0 Å². The zero-order valence-corrected chi connectivity index (χ0v) is 11.1. The summed E-state index contributed by atoms with van der Waals surface area (Å²) in [6, 6.07) is 8.18. The van der Waals surface area contributed by atoms with Gasteiger partial charge in [0.2, 0.25) is 5.91 Å². The molecule has 1 saturated heterocycles. The van der Waals surface area contributed by atoms with Gasteiger partial charge in [0.15, 0.2) is 0 Å². The van der Waals surface area contributed by atoms with E-state index in [9.17, 15) is 4.79 Å². The van der Waals surface area contributed by atoms with Gasteiger partial charge in [0.05, 0.1) is 0 Å². The molecular formula is C15H22N2O. The van der Waals surface area contributed by atoms with Gasteiger partial charge < -0.3 is 10.6 Å². The van der Waals surface area contributed by atoms with Crippen LogP contribution in [0, 0.1) is 6.92 Å². The van der Waals surface area contributed by atoms with E-state index >= 15 is 0 Å². The summed E-state index contributed by atoms with van der Waals surface area (Å²) in [5.74, 6) is 0.259. The molecule has 3 heteroatoms. The molecule has 0 aromatic heterocycles. The minimum atomic E-state index is -0.0763. The van der Waals surface area contributed by atoms with Crippen LogP contribution < -0.4 is 5.73 Å². The Bertz CT molecular complexity index is 399. The van der Waals surface area contributed by atoms with Crippen molar-refractivity contribution < 1.29 is 4.79 Å². The Morgan fingerprint density at radius 1 is 1.22 bits per heavy atom. The fourth-order valence-electron chi connectivity index (χ4n) is 2.39. The number of carbonyl (C=O) groups excluding carboxylic acids is 1. The smallest absolute Gasteiger partial charge is 0.222 e. The van der Waals surface area contributed by atoms with Crippen LogP contribution in [-0.4, -0.2) is 23.9 Å². The number of rotatable bonds is 3. The molecule has 1 aromatic rings. The number of nitrogens with zero attached hydrogens (tertiary/aromatic N) is 1. The van der Waals surface area contributed by atoms with Crippen molar-refractivity contribution in [1.29, 1.82) is 0 Å². The predicted octanol–water partition coefficient (Wildman–Crippen LogP) is 2.40. The second kappa shape index (κ2) is 6.01. The maximum Gasteiger partial charge on any atom is 0.222 e. The standard InChI is InChI=1S/C15H22N2O/c1-12-6-8-13(9-7-12)14(16)11-17-10-4-2-3-5-15(17)18/h6-9,14H,2-5,10-11,16H2,1H3. The monoisotopic (exact) mass is 246 g/mol. The fourth-order valence-corrected chi connectivity index (χ4v) is 2.39. The molecule has 2 N–H and O–H groups in total. The van der Waals surface area contributed by atoms with Crippen LogP contribution in [0.5, 0.6) is 0 Å². The van der Waals surface area contributed by atoms with Crippen LogP contribution in [0.2, 0.25) is 0 Å². The molecule has 1 unspecified atom stereocenters. The first-order valence-electron chi connectivity index (χ1n) is 6.77. The Hall–Kier alpha value is -1.35. The van der Waals surface area contributed by atoms with Gasteiger partial charge in [-0.1, -0.05) is 36.2 Å². The Morgan fingerprint density at radius 2 is 1.94 bits per heavy atom. The lowest BCUT2D eigenvalue weighted by Gasteiger charge is -2.24. The van der Waals surface area contributed by atoms with Gasteiger partial charge in [-0.05, 0) is 25.3 Å². The van der Waals surface area contributed by atoms with E-state index in [1.54, 1.807) is 0 Å². The van der Waals surface area contributed by atoms with Gasteiger partial charge >= 0.3 is 0 Å². The molecule has 3 nitrogen and oxygen atoms in total. The van der Waals surface area contributed by atoms with Crippen molar-refractivity contribution in [3.8, 4) is 0 Å². The number of hydrogen-bond donors (Lipinski definition) is 1. The second-order valence-electron chi connectivity index (χ2n) is 5.17. The highest BCUT2D eigenvalue weighted by Crippen LogP contribution is 2.17. The lowest BCUT2D eigenvalue weighted by molar-refractivity contribution is -0.130. The third-order valence-corrected chi connectivity index (χ3v) is 3.59. The molecule has 98 valence electrons. The van der Waals surface area contributed by atoms with Gasteiger partial charge in [-0.25, -0.2) is 0 Å². The molecule has 0 spiro atoms. The van der Waals surface area contributed by atoms with E-state index in [1.165, 1.54) is 5.56 Å². The molecule has 1 heterocycles. The highest BCUT2D eigenvalue weighted by atomic mass is 16.2. The molecular weight excluding hydrogens is 224 g/mol. The number of amides is 1. The number of carbonyl (C=O) groups is 1. The van der Waals surface area contributed by atoms with Crippen LogP contribution in [0.25, 0.3) is 0 Å². The van der Waals surface area contributed by atoms with Crippen molar-refractivity contribution in [2.24, 2.45) is 5.73 Å². The zero-order valence-electron chi connectivity index (χ0n) is 11.1. The van der Waals surface area contributed by atoms with Crippen LogP contribution in [0.15, 0.2) is 24.3 Å². The summed E-state index contributed by atoms with van der Waals surface area (Å²) in [5.41, 5.74) is 8.54. The molecule has 1 aliphatic heterocycles. The second-order valence-corrected chi connectivity index (χ2v) is 5.17. The average Bonchev–Trinajstić information content (AvgIpc) is 2.56. The largest absolute Gasteiger partial charge is 0.341 e. The highest BCUT2D eigenvalue weighted by molar-refractivity contribution is 5.76. The number of nitrogens with two attached hydrogens (primary N) is 1. The number of benzene rings is 1.